The van der Waals surface area contributed by atoms with Gasteiger partial charge in [-0.3, -0.25) is 4.79 Å². The lowest BCUT2D eigenvalue weighted by Crippen LogP contribution is -2.49. The maximum absolute atomic E-state index is 12.0. The fourth-order valence-corrected chi connectivity index (χ4v) is 3.48. The van der Waals surface area contributed by atoms with Crippen LogP contribution in [-0.4, -0.2) is 44.4 Å². The third-order valence-electron chi connectivity index (χ3n) is 2.73. The molecule has 1 heterocycles. The van der Waals surface area contributed by atoms with Crippen molar-refractivity contribution in [1.82, 2.24) is 9.03 Å². The van der Waals surface area contributed by atoms with Gasteiger partial charge in [0.25, 0.3) is 10.2 Å². The third-order valence-corrected chi connectivity index (χ3v) is 4.51. The molecule has 1 rings (SSSR count). The number of ether oxygens (including phenoxy) is 1. The van der Waals surface area contributed by atoms with E-state index in [-0.39, 0.29) is 24.5 Å². The van der Waals surface area contributed by atoms with E-state index < -0.39 is 10.2 Å². The van der Waals surface area contributed by atoms with Crippen LogP contribution >= 0.6 is 0 Å². The number of nitrogens with zero attached hydrogens (tertiary/aromatic N) is 1. The van der Waals surface area contributed by atoms with Crippen LogP contribution in [-0.2, 0) is 19.7 Å². The van der Waals surface area contributed by atoms with Gasteiger partial charge in [-0.15, -0.1) is 0 Å². The molecule has 0 bridgehead atoms. The average Bonchev–Trinajstić information content (AvgIpc) is 2.28. The van der Waals surface area contributed by atoms with Crippen molar-refractivity contribution in [3.63, 3.8) is 0 Å². The molecule has 1 N–H and O–H groups in total. The minimum atomic E-state index is -3.49. The lowest BCUT2D eigenvalue weighted by atomic mass is 10.0. The summed E-state index contributed by atoms with van der Waals surface area (Å²) in [5, 5.41) is 0. The van der Waals surface area contributed by atoms with Crippen molar-refractivity contribution < 1.29 is 17.9 Å². The summed E-state index contributed by atoms with van der Waals surface area (Å²) < 4.78 is 32.8. The molecular formula is C11H22N2O4S. The molecule has 0 amide bonds. The van der Waals surface area contributed by atoms with E-state index in [0.29, 0.717) is 26.0 Å². The molecule has 0 saturated carbocycles. The van der Waals surface area contributed by atoms with E-state index in [2.05, 4.69) is 4.72 Å². The topological polar surface area (TPSA) is 75.7 Å². The number of hydrogen-bond donors (Lipinski definition) is 1. The molecule has 0 unspecified atom stereocenters. The number of nitrogens with one attached hydrogen (secondary N) is 1. The molecule has 1 aliphatic rings. The molecular weight excluding hydrogens is 256 g/mol. The summed E-state index contributed by atoms with van der Waals surface area (Å²) in [6.45, 7) is 6.27. The van der Waals surface area contributed by atoms with E-state index in [4.69, 9.17) is 4.74 Å². The summed E-state index contributed by atoms with van der Waals surface area (Å²) in [4.78, 5) is 11.6. The molecule has 1 aliphatic heterocycles. The Hall–Kier alpha value is -0.660. The number of carbonyl (C=O) groups is 1. The van der Waals surface area contributed by atoms with Gasteiger partial charge in [-0.25, -0.2) is 0 Å². The van der Waals surface area contributed by atoms with Crippen molar-refractivity contribution in [2.75, 3.05) is 19.7 Å². The van der Waals surface area contributed by atoms with Crippen molar-refractivity contribution in [1.29, 1.82) is 0 Å². The molecule has 0 spiro atoms. The van der Waals surface area contributed by atoms with Crippen molar-refractivity contribution in [3.05, 3.63) is 0 Å². The van der Waals surface area contributed by atoms with E-state index in [1.807, 2.05) is 0 Å². The second-order valence-corrected chi connectivity index (χ2v) is 6.43. The summed E-state index contributed by atoms with van der Waals surface area (Å²) in [5.74, 6) is -0.649. The number of carbonyl (C=O) groups excluding carboxylic acids is 1. The molecule has 106 valence electrons. The van der Waals surface area contributed by atoms with Gasteiger partial charge in [0.15, 0.2) is 0 Å². The first-order chi connectivity index (χ1) is 8.36. The summed E-state index contributed by atoms with van der Waals surface area (Å²) in [7, 11) is -3.49. The maximum atomic E-state index is 12.0. The highest BCUT2D eigenvalue weighted by atomic mass is 32.2. The minimum absolute atomic E-state index is 0.155. The average molecular weight is 278 g/mol. The van der Waals surface area contributed by atoms with E-state index in [1.54, 1.807) is 20.8 Å². The smallest absolute Gasteiger partial charge is 0.310 e. The van der Waals surface area contributed by atoms with Gasteiger partial charge in [0.05, 0.1) is 12.5 Å². The van der Waals surface area contributed by atoms with E-state index in [1.165, 1.54) is 4.31 Å². The lowest BCUT2D eigenvalue weighted by molar-refractivity contribution is -0.149. The van der Waals surface area contributed by atoms with Crippen LogP contribution in [0.3, 0.4) is 0 Å². The van der Waals surface area contributed by atoms with Gasteiger partial charge in [-0.1, -0.05) is 0 Å². The fourth-order valence-electron chi connectivity index (χ4n) is 1.99. The number of piperidine rings is 1. The van der Waals surface area contributed by atoms with Gasteiger partial charge in [0.1, 0.15) is 0 Å². The fraction of sp³-hybridized carbons (Fsp3) is 0.909. The summed E-state index contributed by atoms with van der Waals surface area (Å²) in [6.07, 6.45) is 1.37. The van der Waals surface area contributed by atoms with Gasteiger partial charge in [-0.05, 0) is 33.6 Å². The molecule has 1 atom stereocenters. The highest BCUT2D eigenvalue weighted by molar-refractivity contribution is 7.87. The zero-order valence-electron chi connectivity index (χ0n) is 11.2. The second kappa shape index (κ2) is 6.49. The van der Waals surface area contributed by atoms with Gasteiger partial charge in [0, 0.05) is 19.1 Å². The van der Waals surface area contributed by atoms with Gasteiger partial charge in [0.2, 0.25) is 0 Å². The van der Waals surface area contributed by atoms with Gasteiger partial charge in [-0.2, -0.15) is 17.4 Å². The van der Waals surface area contributed by atoms with Crippen LogP contribution in [0.4, 0.5) is 0 Å². The SMILES string of the molecule is CCOC(=O)[C@@H]1CCCN(S(=O)(=O)NC(C)C)C1. The lowest BCUT2D eigenvalue weighted by Gasteiger charge is -2.31. The highest BCUT2D eigenvalue weighted by Crippen LogP contribution is 2.20. The Labute approximate surface area is 109 Å². The van der Waals surface area contributed by atoms with Crippen LogP contribution in [0.2, 0.25) is 0 Å². The number of rotatable bonds is 5. The highest BCUT2D eigenvalue weighted by Gasteiger charge is 2.33. The Kier molecular flexibility index (Phi) is 5.55. The third kappa shape index (κ3) is 4.22. The molecule has 18 heavy (non-hydrogen) atoms. The quantitative estimate of drug-likeness (QED) is 0.743. The molecule has 1 fully saturated rings. The van der Waals surface area contributed by atoms with Crippen molar-refractivity contribution in [2.45, 2.75) is 39.7 Å². The van der Waals surface area contributed by atoms with E-state index >= 15 is 0 Å². The Morgan fingerprint density at radius 2 is 2.17 bits per heavy atom. The Bertz CT molecular complexity index is 381. The van der Waals surface area contributed by atoms with Crippen LogP contribution in [0, 0.1) is 5.92 Å². The van der Waals surface area contributed by atoms with E-state index in [0.717, 1.165) is 0 Å². The monoisotopic (exact) mass is 278 g/mol. The molecule has 7 heteroatoms. The maximum Gasteiger partial charge on any atom is 0.310 e. The van der Waals surface area contributed by atoms with Crippen LogP contribution in [0.5, 0.6) is 0 Å². The molecule has 0 aliphatic carbocycles. The zero-order valence-corrected chi connectivity index (χ0v) is 12.0. The number of hydrogen-bond acceptors (Lipinski definition) is 4. The largest absolute Gasteiger partial charge is 0.466 e. The predicted molar refractivity (Wildman–Crippen MR) is 68.1 cm³/mol. The van der Waals surface area contributed by atoms with Crippen LogP contribution in [0.15, 0.2) is 0 Å². The van der Waals surface area contributed by atoms with Crippen LogP contribution in [0.25, 0.3) is 0 Å². The zero-order chi connectivity index (χ0) is 13.8. The van der Waals surface area contributed by atoms with Crippen molar-refractivity contribution in [2.24, 2.45) is 5.92 Å². The Morgan fingerprint density at radius 3 is 2.72 bits per heavy atom. The number of esters is 1. The molecule has 0 aromatic rings. The summed E-state index contributed by atoms with van der Waals surface area (Å²) in [5.41, 5.74) is 0. The summed E-state index contributed by atoms with van der Waals surface area (Å²) >= 11 is 0. The minimum Gasteiger partial charge on any atom is -0.466 e. The van der Waals surface area contributed by atoms with Crippen molar-refractivity contribution in [3.8, 4) is 0 Å². The molecule has 1 saturated heterocycles. The normalized spacial score (nSPS) is 22.1. The van der Waals surface area contributed by atoms with E-state index in [9.17, 15) is 13.2 Å². The second-order valence-electron chi connectivity index (χ2n) is 4.73. The molecule has 0 aromatic heterocycles. The van der Waals surface area contributed by atoms with Crippen LogP contribution in [0.1, 0.15) is 33.6 Å². The Balaban J connectivity index is 2.66. The molecule has 0 aromatic carbocycles. The Morgan fingerprint density at radius 1 is 1.50 bits per heavy atom. The first-order valence-corrected chi connectivity index (χ1v) is 7.75. The van der Waals surface area contributed by atoms with Gasteiger partial charge >= 0.3 is 5.97 Å². The van der Waals surface area contributed by atoms with Gasteiger partial charge < -0.3 is 4.74 Å². The molecule has 6 nitrogen and oxygen atoms in total. The van der Waals surface area contributed by atoms with Crippen molar-refractivity contribution >= 4 is 16.2 Å². The first kappa shape index (κ1) is 15.4. The van der Waals surface area contributed by atoms with Crippen LogP contribution < -0.4 is 4.72 Å². The standard InChI is InChI=1S/C11H22N2O4S/c1-4-17-11(14)10-6-5-7-13(8-10)18(15,16)12-9(2)3/h9-10,12H,4-8H2,1-3H3/t10-/m1/s1. The first-order valence-electron chi connectivity index (χ1n) is 6.31. The molecule has 0 radical (unpaired) electrons. The summed E-state index contributed by atoms with van der Waals surface area (Å²) in [6, 6.07) is -0.155. The predicted octanol–water partition coefficient (Wildman–Crippen LogP) is 0.504.